The first kappa shape index (κ1) is 17.5. The molecule has 0 aliphatic rings. The van der Waals surface area contributed by atoms with Gasteiger partial charge in [0.25, 0.3) is 5.91 Å². The predicted octanol–water partition coefficient (Wildman–Crippen LogP) is 4.21. The second-order valence-corrected chi connectivity index (χ2v) is 7.16. The van der Waals surface area contributed by atoms with Gasteiger partial charge in [0.15, 0.2) is 5.13 Å². The zero-order chi connectivity index (χ0) is 16.7. The number of benzene rings is 1. The molecule has 5 nitrogen and oxygen atoms in total. The van der Waals surface area contributed by atoms with Gasteiger partial charge in [-0.2, -0.15) is 0 Å². The van der Waals surface area contributed by atoms with Gasteiger partial charge in [0.1, 0.15) is 5.75 Å². The number of hydrogen-bond acceptors (Lipinski definition) is 6. The molecule has 0 bridgehead atoms. The molecule has 0 radical (unpaired) electrons. The van der Waals surface area contributed by atoms with Gasteiger partial charge in [-0.15, -0.1) is 11.8 Å². The summed E-state index contributed by atoms with van der Waals surface area (Å²) in [6, 6.07) is 6.62. The average Bonchev–Trinajstić information content (AvgIpc) is 2.95. The van der Waals surface area contributed by atoms with E-state index >= 15 is 0 Å². The summed E-state index contributed by atoms with van der Waals surface area (Å²) >= 11 is 3.17. The third-order valence-corrected chi connectivity index (χ3v) is 5.03. The Morgan fingerprint density at radius 1 is 1.35 bits per heavy atom. The van der Waals surface area contributed by atoms with E-state index in [1.807, 2.05) is 0 Å². The Morgan fingerprint density at radius 3 is 2.87 bits per heavy atom. The van der Waals surface area contributed by atoms with E-state index in [1.165, 1.54) is 18.3 Å². The summed E-state index contributed by atoms with van der Waals surface area (Å²) in [5.74, 6) is 0.475. The van der Waals surface area contributed by atoms with Crippen molar-refractivity contribution in [3.8, 4) is 5.75 Å². The van der Waals surface area contributed by atoms with Gasteiger partial charge >= 0.3 is 5.97 Å². The molecule has 0 saturated carbocycles. The zero-order valence-corrected chi connectivity index (χ0v) is 14.6. The molecule has 2 rings (SSSR count). The highest BCUT2D eigenvalue weighted by Gasteiger charge is 2.15. The van der Waals surface area contributed by atoms with Crippen molar-refractivity contribution in [3.63, 3.8) is 0 Å². The van der Waals surface area contributed by atoms with Crippen LogP contribution in [0, 0.1) is 0 Å². The quantitative estimate of drug-likeness (QED) is 0.350. The number of anilines is 1. The molecule has 0 aliphatic carbocycles. The molecule has 1 aromatic carbocycles. The second-order valence-electron chi connectivity index (χ2n) is 4.73. The molecule has 23 heavy (non-hydrogen) atoms. The molecule has 7 heteroatoms. The van der Waals surface area contributed by atoms with Gasteiger partial charge in [0.05, 0.1) is 16.0 Å². The van der Waals surface area contributed by atoms with Gasteiger partial charge in [-0.25, -0.2) is 4.98 Å². The summed E-state index contributed by atoms with van der Waals surface area (Å²) in [5.41, 5.74) is 0.304. The first-order valence-electron chi connectivity index (χ1n) is 7.27. The van der Waals surface area contributed by atoms with Crippen LogP contribution in [0.2, 0.25) is 0 Å². The van der Waals surface area contributed by atoms with Crippen molar-refractivity contribution in [2.45, 2.75) is 30.9 Å². The van der Waals surface area contributed by atoms with Gasteiger partial charge in [-0.3, -0.25) is 14.9 Å². The number of hydrogen-bond donors (Lipinski definition) is 1. The Morgan fingerprint density at radius 2 is 2.13 bits per heavy atom. The lowest BCUT2D eigenvalue weighted by atomic mass is 10.2. The monoisotopic (exact) mass is 350 g/mol. The van der Waals surface area contributed by atoms with Gasteiger partial charge in [0, 0.05) is 6.92 Å². The largest absolute Gasteiger partial charge is 0.426 e. The fourth-order valence-electron chi connectivity index (χ4n) is 1.76. The third-order valence-electron chi connectivity index (χ3n) is 2.83. The highest BCUT2D eigenvalue weighted by molar-refractivity contribution is 8.01. The van der Waals surface area contributed by atoms with E-state index in [-0.39, 0.29) is 11.7 Å². The Balaban J connectivity index is 2.03. The summed E-state index contributed by atoms with van der Waals surface area (Å²) in [7, 11) is 0. The van der Waals surface area contributed by atoms with Gasteiger partial charge in [-0.1, -0.05) is 36.8 Å². The Hall–Kier alpha value is -1.86. The van der Waals surface area contributed by atoms with Crippen LogP contribution in [-0.2, 0) is 4.79 Å². The number of thioether (sulfide) groups is 1. The number of nitrogens with zero attached hydrogens (tertiary/aromatic N) is 1. The van der Waals surface area contributed by atoms with E-state index in [0.29, 0.717) is 10.7 Å². The fraction of sp³-hybridized carbons (Fsp3) is 0.312. The van der Waals surface area contributed by atoms with Gasteiger partial charge in [0.2, 0.25) is 0 Å². The van der Waals surface area contributed by atoms with Crippen LogP contribution < -0.4 is 10.1 Å². The fourth-order valence-corrected chi connectivity index (χ4v) is 3.79. The third kappa shape index (κ3) is 5.37. The standard InChI is InChI=1S/C16H18N2O3S2/c1-3-4-9-22-14-10-17-16(23-14)18-15(20)12-7-5-6-8-13(12)21-11(2)19/h5-8,10H,3-4,9H2,1-2H3,(H,17,18,20). The molecule has 0 fully saturated rings. The molecule has 1 heterocycles. The topological polar surface area (TPSA) is 68.3 Å². The van der Waals surface area contributed by atoms with Crippen molar-refractivity contribution in [1.29, 1.82) is 0 Å². The van der Waals surface area contributed by atoms with Crippen LogP contribution >= 0.6 is 23.1 Å². The lowest BCUT2D eigenvalue weighted by Gasteiger charge is -2.07. The maximum atomic E-state index is 12.3. The van der Waals surface area contributed by atoms with Crippen molar-refractivity contribution >= 4 is 40.1 Å². The smallest absolute Gasteiger partial charge is 0.308 e. The first-order valence-corrected chi connectivity index (χ1v) is 9.07. The van der Waals surface area contributed by atoms with Crippen molar-refractivity contribution < 1.29 is 14.3 Å². The number of amides is 1. The number of carbonyl (C=O) groups excluding carboxylic acids is 2. The van der Waals surface area contributed by atoms with Crippen LogP contribution in [-0.4, -0.2) is 22.6 Å². The van der Waals surface area contributed by atoms with E-state index in [2.05, 4.69) is 17.2 Å². The molecule has 0 spiro atoms. The molecule has 0 aliphatic heterocycles. The summed E-state index contributed by atoms with van der Waals surface area (Å²) in [4.78, 5) is 27.7. The van der Waals surface area contributed by atoms with Crippen LogP contribution in [0.3, 0.4) is 0 Å². The molecule has 1 amide bonds. The zero-order valence-electron chi connectivity index (χ0n) is 13.0. The Bertz CT molecular complexity index is 685. The molecular formula is C16H18N2O3S2. The summed E-state index contributed by atoms with van der Waals surface area (Å²) < 4.78 is 6.13. The second kappa shape index (κ2) is 8.69. The normalized spacial score (nSPS) is 10.3. The molecule has 122 valence electrons. The first-order chi connectivity index (χ1) is 11.1. The van der Waals surface area contributed by atoms with E-state index in [1.54, 1.807) is 42.2 Å². The number of para-hydroxylation sites is 1. The van der Waals surface area contributed by atoms with Gasteiger partial charge < -0.3 is 4.74 Å². The number of rotatable bonds is 7. The minimum atomic E-state index is -0.464. The number of aromatic nitrogens is 1. The maximum absolute atomic E-state index is 12.3. The van der Waals surface area contributed by atoms with Crippen LogP contribution in [0.4, 0.5) is 5.13 Å². The minimum absolute atomic E-state index is 0.242. The van der Waals surface area contributed by atoms with Crippen molar-refractivity contribution in [1.82, 2.24) is 4.98 Å². The van der Waals surface area contributed by atoms with E-state index < -0.39 is 5.97 Å². The van der Waals surface area contributed by atoms with Crippen molar-refractivity contribution in [2.24, 2.45) is 0 Å². The van der Waals surface area contributed by atoms with Crippen molar-refractivity contribution in [2.75, 3.05) is 11.1 Å². The Kier molecular flexibility index (Phi) is 6.61. The minimum Gasteiger partial charge on any atom is -0.426 e. The van der Waals surface area contributed by atoms with Crippen LogP contribution in [0.25, 0.3) is 0 Å². The SMILES string of the molecule is CCCCSc1cnc(NC(=O)c2ccccc2OC(C)=O)s1. The lowest BCUT2D eigenvalue weighted by Crippen LogP contribution is -2.14. The van der Waals surface area contributed by atoms with Crippen LogP contribution in [0.1, 0.15) is 37.0 Å². The summed E-state index contributed by atoms with van der Waals surface area (Å²) in [5, 5.41) is 3.28. The summed E-state index contributed by atoms with van der Waals surface area (Å²) in [6.45, 7) is 3.45. The van der Waals surface area contributed by atoms with E-state index in [0.717, 1.165) is 22.8 Å². The molecule has 1 aromatic heterocycles. The summed E-state index contributed by atoms with van der Waals surface area (Å²) in [6.07, 6.45) is 4.07. The van der Waals surface area contributed by atoms with E-state index in [9.17, 15) is 9.59 Å². The predicted molar refractivity (Wildman–Crippen MR) is 93.5 cm³/mol. The number of thiazole rings is 1. The number of unbranched alkanes of at least 4 members (excludes halogenated alkanes) is 1. The molecular weight excluding hydrogens is 332 g/mol. The Labute approximate surface area is 143 Å². The average molecular weight is 350 g/mol. The molecule has 0 atom stereocenters. The number of carbonyl (C=O) groups is 2. The molecule has 0 unspecified atom stereocenters. The lowest BCUT2D eigenvalue weighted by molar-refractivity contribution is -0.131. The molecule has 1 N–H and O–H groups in total. The van der Waals surface area contributed by atoms with E-state index in [4.69, 9.17) is 4.74 Å². The molecule has 2 aromatic rings. The van der Waals surface area contributed by atoms with Crippen LogP contribution in [0.15, 0.2) is 34.7 Å². The highest BCUT2D eigenvalue weighted by Crippen LogP contribution is 2.29. The molecule has 0 saturated heterocycles. The van der Waals surface area contributed by atoms with Crippen molar-refractivity contribution in [3.05, 3.63) is 36.0 Å². The maximum Gasteiger partial charge on any atom is 0.308 e. The number of nitrogens with one attached hydrogen (secondary N) is 1. The van der Waals surface area contributed by atoms with Gasteiger partial charge in [-0.05, 0) is 24.3 Å². The number of esters is 1. The highest BCUT2D eigenvalue weighted by atomic mass is 32.2. The number of ether oxygens (including phenoxy) is 1. The van der Waals surface area contributed by atoms with Crippen LogP contribution in [0.5, 0.6) is 5.75 Å².